The Morgan fingerprint density at radius 3 is 3.07 bits per heavy atom. The molecule has 2 rings (SSSR count). The first kappa shape index (κ1) is 10.7. The molecule has 0 amide bonds. The lowest BCUT2D eigenvalue weighted by molar-refractivity contribution is -0.130. The van der Waals surface area contributed by atoms with Crippen molar-refractivity contribution in [1.29, 1.82) is 0 Å². The molecule has 1 aromatic rings. The second-order valence-corrected chi connectivity index (χ2v) is 4.26. The maximum absolute atomic E-state index is 11.6. The normalized spacial score (nSPS) is 21.7. The van der Waals surface area contributed by atoms with E-state index in [0.29, 0.717) is 25.4 Å². The summed E-state index contributed by atoms with van der Waals surface area (Å²) in [5.74, 6) is 0.318. The molecule has 1 aromatic carbocycles. The van der Waals surface area contributed by atoms with Gasteiger partial charge >= 0.3 is 0 Å². The zero-order valence-electron chi connectivity index (χ0n) is 8.41. The van der Waals surface area contributed by atoms with Crippen molar-refractivity contribution in [2.45, 2.75) is 12.8 Å². The fraction of sp³-hybridized carbons (Fsp3) is 0.417. The van der Waals surface area contributed by atoms with E-state index in [0.717, 1.165) is 17.0 Å². The lowest BCUT2D eigenvalue weighted by Gasteiger charge is -2.20. The second-order valence-electron chi connectivity index (χ2n) is 3.82. The van der Waals surface area contributed by atoms with E-state index in [1.54, 1.807) is 0 Å². The van der Waals surface area contributed by atoms with Crippen LogP contribution >= 0.6 is 11.6 Å². The Labute approximate surface area is 94.2 Å². The summed E-state index contributed by atoms with van der Waals surface area (Å²) in [4.78, 5) is 11.6. The second kappa shape index (κ2) is 4.77. The highest BCUT2D eigenvalue weighted by atomic mass is 35.5. The SMILES string of the molecule is O=C1CCOCC1Cc1cccc(Cl)c1. The van der Waals surface area contributed by atoms with Crippen LogP contribution in [0.4, 0.5) is 0 Å². The molecule has 0 aliphatic carbocycles. The van der Waals surface area contributed by atoms with Gasteiger partial charge in [0.15, 0.2) is 0 Å². The summed E-state index contributed by atoms with van der Waals surface area (Å²) in [7, 11) is 0. The molecule has 0 saturated carbocycles. The third-order valence-corrected chi connectivity index (χ3v) is 2.87. The first-order valence-electron chi connectivity index (χ1n) is 5.10. The van der Waals surface area contributed by atoms with Crippen LogP contribution in [0.2, 0.25) is 5.02 Å². The van der Waals surface area contributed by atoms with E-state index >= 15 is 0 Å². The Kier molecular flexibility index (Phi) is 3.39. The molecular weight excluding hydrogens is 212 g/mol. The van der Waals surface area contributed by atoms with E-state index in [2.05, 4.69) is 0 Å². The molecule has 0 aromatic heterocycles. The van der Waals surface area contributed by atoms with Gasteiger partial charge in [-0.15, -0.1) is 0 Å². The minimum absolute atomic E-state index is 0.0113. The van der Waals surface area contributed by atoms with Crippen molar-refractivity contribution >= 4 is 17.4 Å². The van der Waals surface area contributed by atoms with Crippen LogP contribution in [0.3, 0.4) is 0 Å². The zero-order valence-corrected chi connectivity index (χ0v) is 9.17. The quantitative estimate of drug-likeness (QED) is 0.772. The molecule has 80 valence electrons. The molecule has 2 nitrogen and oxygen atoms in total. The molecule has 1 heterocycles. The topological polar surface area (TPSA) is 26.3 Å². The number of hydrogen-bond donors (Lipinski definition) is 0. The van der Waals surface area contributed by atoms with Gasteiger partial charge < -0.3 is 4.74 Å². The molecule has 1 saturated heterocycles. The van der Waals surface area contributed by atoms with Gasteiger partial charge in [0, 0.05) is 17.4 Å². The van der Waals surface area contributed by atoms with Crippen LogP contribution in [0.5, 0.6) is 0 Å². The number of hydrogen-bond acceptors (Lipinski definition) is 2. The van der Waals surface area contributed by atoms with Crippen LogP contribution in [0.25, 0.3) is 0 Å². The number of benzene rings is 1. The van der Waals surface area contributed by atoms with E-state index in [9.17, 15) is 4.79 Å². The van der Waals surface area contributed by atoms with Crippen molar-refractivity contribution in [2.75, 3.05) is 13.2 Å². The lowest BCUT2D eigenvalue weighted by atomic mass is 9.93. The van der Waals surface area contributed by atoms with Crippen LogP contribution in [-0.2, 0) is 16.0 Å². The van der Waals surface area contributed by atoms with Crippen molar-refractivity contribution in [1.82, 2.24) is 0 Å². The predicted molar refractivity (Wildman–Crippen MR) is 59.1 cm³/mol. The van der Waals surface area contributed by atoms with Gasteiger partial charge in [0.05, 0.1) is 13.2 Å². The van der Waals surface area contributed by atoms with Crippen LogP contribution < -0.4 is 0 Å². The number of Topliss-reactive ketones (excluding diaryl/α,β-unsaturated/α-hetero) is 1. The van der Waals surface area contributed by atoms with Gasteiger partial charge in [-0.2, -0.15) is 0 Å². The minimum Gasteiger partial charge on any atom is -0.380 e. The maximum atomic E-state index is 11.6. The summed E-state index contributed by atoms with van der Waals surface area (Å²) >= 11 is 5.88. The highest BCUT2D eigenvalue weighted by Crippen LogP contribution is 2.18. The van der Waals surface area contributed by atoms with Gasteiger partial charge in [0.1, 0.15) is 5.78 Å². The van der Waals surface area contributed by atoms with E-state index in [1.807, 2.05) is 24.3 Å². The average Bonchev–Trinajstić information content (AvgIpc) is 2.22. The van der Waals surface area contributed by atoms with Gasteiger partial charge in [-0.25, -0.2) is 0 Å². The van der Waals surface area contributed by atoms with Gasteiger partial charge in [-0.05, 0) is 24.1 Å². The number of halogens is 1. The third-order valence-electron chi connectivity index (χ3n) is 2.64. The molecule has 1 unspecified atom stereocenters. The molecule has 1 aliphatic rings. The highest BCUT2D eigenvalue weighted by molar-refractivity contribution is 6.30. The number of ether oxygens (including phenoxy) is 1. The molecule has 1 aliphatic heterocycles. The van der Waals surface area contributed by atoms with Crippen LogP contribution in [-0.4, -0.2) is 19.0 Å². The molecule has 15 heavy (non-hydrogen) atoms. The van der Waals surface area contributed by atoms with Crippen LogP contribution in [0.15, 0.2) is 24.3 Å². The van der Waals surface area contributed by atoms with Crippen molar-refractivity contribution < 1.29 is 9.53 Å². The maximum Gasteiger partial charge on any atom is 0.140 e. The van der Waals surface area contributed by atoms with E-state index in [-0.39, 0.29) is 5.92 Å². The van der Waals surface area contributed by atoms with Gasteiger partial charge in [-0.3, -0.25) is 4.79 Å². The Bertz CT molecular complexity index is 362. The molecule has 0 spiro atoms. The summed E-state index contributed by atoms with van der Waals surface area (Å²) in [6.45, 7) is 1.12. The van der Waals surface area contributed by atoms with Crippen molar-refractivity contribution in [3.63, 3.8) is 0 Å². The Morgan fingerprint density at radius 1 is 1.47 bits per heavy atom. The molecule has 1 atom stereocenters. The Hall–Kier alpha value is -0.860. The first-order chi connectivity index (χ1) is 7.25. The number of ketones is 1. The Balaban J connectivity index is 2.04. The van der Waals surface area contributed by atoms with Crippen molar-refractivity contribution in [3.8, 4) is 0 Å². The van der Waals surface area contributed by atoms with E-state index < -0.39 is 0 Å². The number of carbonyl (C=O) groups is 1. The summed E-state index contributed by atoms with van der Waals surface area (Å²) in [6.07, 6.45) is 1.28. The largest absolute Gasteiger partial charge is 0.380 e. The van der Waals surface area contributed by atoms with E-state index in [4.69, 9.17) is 16.3 Å². The summed E-state index contributed by atoms with van der Waals surface area (Å²) in [5, 5.41) is 0.719. The fourth-order valence-corrected chi connectivity index (χ4v) is 2.03. The highest BCUT2D eigenvalue weighted by Gasteiger charge is 2.22. The monoisotopic (exact) mass is 224 g/mol. The van der Waals surface area contributed by atoms with Gasteiger partial charge in [0.2, 0.25) is 0 Å². The predicted octanol–water partition coefficient (Wildman–Crippen LogP) is 2.49. The molecule has 3 heteroatoms. The standard InChI is InChI=1S/C12H13ClO2/c13-11-3-1-2-9(7-11)6-10-8-15-5-4-12(10)14/h1-3,7,10H,4-6,8H2. The molecule has 1 fully saturated rings. The molecule has 0 bridgehead atoms. The number of rotatable bonds is 2. The summed E-state index contributed by atoms with van der Waals surface area (Å²) < 4.78 is 5.30. The van der Waals surface area contributed by atoms with Gasteiger partial charge in [0.25, 0.3) is 0 Å². The number of carbonyl (C=O) groups excluding carboxylic acids is 1. The fourth-order valence-electron chi connectivity index (χ4n) is 1.82. The first-order valence-corrected chi connectivity index (χ1v) is 5.48. The van der Waals surface area contributed by atoms with Crippen molar-refractivity contribution in [3.05, 3.63) is 34.9 Å². The Morgan fingerprint density at radius 2 is 2.33 bits per heavy atom. The molecule has 0 radical (unpaired) electrons. The molecular formula is C12H13ClO2. The summed E-state index contributed by atoms with van der Waals surface area (Å²) in [5.41, 5.74) is 1.10. The zero-order chi connectivity index (χ0) is 10.7. The van der Waals surface area contributed by atoms with Crippen molar-refractivity contribution in [2.24, 2.45) is 5.92 Å². The summed E-state index contributed by atoms with van der Waals surface area (Å²) in [6, 6.07) is 7.65. The lowest BCUT2D eigenvalue weighted by Crippen LogP contribution is -2.29. The molecule has 0 N–H and O–H groups in total. The smallest absolute Gasteiger partial charge is 0.140 e. The third kappa shape index (κ3) is 2.80. The van der Waals surface area contributed by atoms with Gasteiger partial charge in [-0.1, -0.05) is 23.7 Å². The van der Waals surface area contributed by atoms with Crippen LogP contribution in [0.1, 0.15) is 12.0 Å². The minimum atomic E-state index is 0.0113. The van der Waals surface area contributed by atoms with Crippen LogP contribution in [0, 0.1) is 5.92 Å². The van der Waals surface area contributed by atoms with E-state index in [1.165, 1.54) is 0 Å². The average molecular weight is 225 g/mol.